The van der Waals surface area contributed by atoms with E-state index >= 15 is 0 Å². The van der Waals surface area contributed by atoms with Crippen molar-refractivity contribution in [3.63, 3.8) is 0 Å². The van der Waals surface area contributed by atoms with E-state index in [1.807, 2.05) is 43.5 Å². The molecule has 2 amide bonds. The molecule has 2 aromatic carbocycles. The number of urea groups is 1. The highest BCUT2D eigenvalue weighted by Crippen LogP contribution is 2.31. The molecule has 7 nitrogen and oxygen atoms in total. The summed E-state index contributed by atoms with van der Waals surface area (Å²) in [7, 11) is 0. The number of imidazole rings is 1. The summed E-state index contributed by atoms with van der Waals surface area (Å²) in [5.41, 5.74) is 3.39. The number of anilines is 1. The first-order valence-electron chi connectivity index (χ1n) is 10.6. The normalized spacial score (nSPS) is 11.8. The molecule has 2 heterocycles. The lowest BCUT2D eigenvalue weighted by Crippen LogP contribution is -2.28. The van der Waals surface area contributed by atoms with Crippen LogP contribution in [0.2, 0.25) is 0 Å². The molecule has 0 aliphatic rings. The zero-order valence-corrected chi connectivity index (χ0v) is 19.0. The third kappa shape index (κ3) is 5.39. The lowest BCUT2D eigenvalue weighted by atomic mass is 9.97. The zero-order valence-electron chi connectivity index (χ0n) is 18.2. The van der Waals surface area contributed by atoms with Gasteiger partial charge in [-0.1, -0.05) is 72.9 Å². The molecular weight excluding hydrogens is 420 g/mol. The molecule has 2 aromatic heterocycles. The number of hydrogen-bond donors (Lipinski definition) is 2. The smallest absolute Gasteiger partial charge is 0.321 e. The van der Waals surface area contributed by atoms with Gasteiger partial charge in [0.2, 0.25) is 5.13 Å². The Bertz CT molecular complexity index is 1170. The summed E-state index contributed by atoms with van der Waals surface area (Å²) < 4.78 is 2.09. The van der Waals surface area contributed by atoms with Crippen LogP contribution in [0.1, 0.15) is 46.8 Å². The van der Waals surface area contributed by atoms with Crippen LogP contribution in [0.25, 0.3) is 0 Å². The zero-order chi connectivity index (χ0) is 22.3. The van der Waals surface area contributed by atoms with E-state index in [1.54, 1.807) is 6.20 Å². The van der Waals surface area contributed by atoms with Crippen LogP contribution < -0.4 is 10.6 Å². The summed E-state index contributed by atoms with van der Waals surface area (Å²) in [6, 6.07) is 18.1. The van der Waals surface area contributed by atoms with Gasteiger partial charge in [0.25, 0.3) is 0 Å². The molecule has 0 aliphatic heterocycles. The largest absolute Gasteiger partial charge is 0.334 e. The Balaban J connectivity index is 1.33. The highest BCUT2D eigenvalue weighted by atomic mass is 32.1. The second-order valence-corrected chi connectivity index (χ2v) is 8.56. The van der Waals surface area contributed by atoms with Crippen LogP contribution >= 0.6 is 11.3 Å². The maximum absolute atomic E-state index is 12.4. The minimum Gasteiger partial charge on any atom is -0.334 e. The van der Waals surface area contributed by atoms with E-state index in [1.165, 1.54) is 16.9 Å². The Labute approximate surface area is 191 Å². The third-order valence-corrected chi connectivity index (χ3v) is 6.24. The average molecular weight is 447 g/mol. The van der Waals surface area contributed by atoms with E-state index in [9.17, 15) is 4.79 Å². The van der Waals surface area contributed by atoms with Crippen molar-refractivity contribution in [3.8, 4) is 0 Å². The van der Waals surface area contributed by atoms with Crippen LogP contribution in [0.3, 0.4) is 0 Å². The molecule has 0 saturated carbocycles. The predicted octanol–water partition coefficient (Wildman–Crippen LogP) is 4.95. The van der Waals surface area contributed by atoms with Crippen LogP contribution in [0.15, 0.2) is 67.0 Å². The van der Waals surface area contributed by atoms with Gasteiger partial charge in [0.05, 0.1) is 0 Å². The molecular formula is C24H26N6OS. The molecule has 2 N–H and O–H groups in total. The molecule has 1 atom stereocenters. The SMILES string of the molecule is CCC(c1ccccc1)c1nnc(NC(=O)NCc2cccc(Cn3ccnc3C)c2)s1. The highest BCUT2D eigenvalue weighted by molar-refractivity contribution is 7.15. The Morgan fingerprint density at radius 2 is 1.91 bits per heavy atom. The Hall–Kier alpha value is -3.52. The summed E-state index contributed by atoms with van der Waals surface area (Å²) in [5.74, 6) is 1.15. The van der Waals surface area contributed by atoms with Gasteiger partial charge in [0.15, 0.2) is 0 Å². The molecule has 1 unspecified atom stereocenters. The molecule has 0 saturated heterocycles. The summed E-state index contributed by atoms with van der Waals surface area (Å²) in [4.78, 5) is 16.7. The van der Waals surface area contributed by atoms with Gasteiger partial charge in [-0.25, -0.2) is 9.78 Å². The van der Waals surface area contributed by atoms with Gasteiger partial charge < -0.3 is 9.88 Å². The van der Waals surface area contributed by atoms with Crippen LogP contribution in [0, 0.1) is 6.92 Å². The number of hydrogen-bond acceptors (Lipinski definition) is 5. The topological polar surface area (TPSA) is 84.7 Å². The van der Waals surface area contributed by atoms with Crippen molar-refractivity contribution in [2.45, 2.75) is 39.3 Å². The number of nitrogens with zero attached hydrogens (tertiary/aromatic N) is 4. The highest BCUT2D eigenvalue weighted by Gasteiger charge is 2.18. The Morgan fingerprint density at radius 1 is 1.09 bits per heavy atom. The molecule has 4 aromatic rings. The van der Waals surface area contributed by atoms with E-state index in [4.69, 9.17) is 0 Å². The summed E-state index contributed by atoms with van der Waals surface area (Å²) >= 11 is 1.41. The number of aromatic nitrogens is 4. The fourth-order valence-corrected chi connectivity index (χ4v) is 4.54. The van der Waals surface area contributed by atoms with Crippen LogP contribution in [0.5, 0.6) is 0 Å². The number of aryl methyl sites for hydroxylation is 1. The van der Waals surface area contributed by atoms with Gasteiger partial charge in [-0.3, -0.25) is 5.32 Å². The third-order valence-electron chi connectivity index (χ3n) is 5.29. The van der Waals surface area contributed by atoms with Crippen molar-refractivity contribution in [1.29, 1.82) is 0 Å². The Kier molecular flexibility index (Phi) is 6.91. The second-order valence-electron chi connectivity index (χ2n) is 7.55. The van der Waals surface area contributed by atoms with Crippen LogP contribution in [0.4, 0.5) is 9.93 Å². The number of nitrogens with one attached hydrogen (secondary N) is 2. The van der Waals surface area contributed by atoms with Gasteiger partial charge in [-0.05, 0) is 30.0 Å². The van der Waals surface area contributed by atoms with Gasteiger partial charge in [-0.2, -0.15) is 0 Å². The van der Waals surface area contributed by atoms with Crippen molar-refractivity contribution in [1.82, 2.24) is 25.1 Å². The van der Waals surface area contributed by atoms with E-state index in [2.05, 4.69) is 61.6 Å². The molecule has 32 heavy (non-hydrogen) atoms. The minimum absolute atomic E-state index is 0.175. The lowest BCUT2D eigenvalue weighted by Gasteiger charge is -2.11. The van der Waals surface area contributed by atoms with E-state index in [-0.39, 0.29) is 11.9 Å². The molecule has 0 aliphatic carbocycles. The lowest BCUT2D eigenvalue weighted by molar-refractivity contribution is 0.251. The average Bonchev–Trinajstić information content (AvgIpc) is 3.43. The van der Waals surface area contributed by atoms with Gasteiger partial charge in [-0.15, -0.1) is 10.2 Å². The summed E-state index contributed by atoms with van der Waals surface area (Å²) in [6.45, 7) is 5.29. The monoisotopic (exact) mass is 446 g/mol. The van der Waals surface area contributed by atoms with E-state index in [0.717, 1.165) is 34.9 Å². The Morgan fingerprint density at radius 3 is 2.66 bits per heavy atom. The van der Waals surface area contributed by atoms with Crippen molar-refractivity contribution < 1.29 is 4.79 Å². The number of rotatable bonds is 8. The van der Waals surface area contributed by atoms with Crippen LogP contribution in [-0.4, -0.2) is 25.8 Å². The van der Waals surface area contributed by atoms with Crippen molar-refractivity contribution in [2.75, 3.05) is 5.32 Å². The van der Waals surface area contributed by atoms with E-state index < -0.39 is 0 Å². The van der Waals surface area contributed by atoms with Gasteiger partial charge in [0.1, 0.15) is 10.8 Å². The predicted molar refractivity (Wildman–Crippen MR) is 127 cm³/mol. The minimum atomic E-state index is -0.295. The molecule has 4 rings (SSSR count). The first-order valence-corrected chi connectivity index (χ1v) is 11.4. The molecule has 0 spiro atoms. The second kappa shape index (κ2) is 10.2. The number of benzene rings is 2. The van der Waals surface area contributed by atoms with Gasteiger partial charge >= 0.3 is 6.03 Å². The fraction of sp³-hybridized carbons (Fsp3) is 0.250. The quantitative estimate of drug-likeness (QED) is 0.401. The summed E-state index contributed by atoms with van der Waals surface area (Å²) in [5, 5.41) is 15.6. The maximum atomic E-state index is 12.4. The molecule has 8 heteroatoms. The maximum Gasteiger partial charge on any atom is 0.321 e. The molecule has 0 fully saturated rings. The first-order chi connectivity index (χ1) is 15.6. The number of amides is 2. The number of carbonyl (C=O) groups is 1. The van der Waals surface area contributed by atoms with E-state index in [0.29, 0.717) is 11.7 Å². The van der Waals surface area contributed by atoms with Gasteiger partial charge in [0, 0.05) is 31.4 Å². The number of carbonyl (C=O) groups excluding carboxylic acids is 1. The fourth-order valence-electron chi connectivity index (χ4n) is 3.59. The van der Waals surface area contributed by atoms with Crippen LogP contribution in [-0.2, 0) is 13.1 Å². The van der Waals surface area contributed by atoms with Crippen molar-refractivity contribution in [2.24, 2.45) is 0 Å². The summed E-state index contributed by atoms with van der Waals surface area (Å²) in [6.07, 6.45) is 4.68. The molecule has 0 bridgehead atoms. The molecule has 164 valence electrons. The van der Waals surface area contributed by atoms with Crippen molar-refractivity contribution >= 4 is 22.5 Å². The van der Waals surface area contributed by atoms with Crippen molar-refractivity contribution in [3.05, 3.63) is 94.5 Å². The molecule has 0 radical (unpaired) electrons. The first kappa shape index (κ1) is 21.7. The standard InChI is InChI=1S/C24H26N6OS/c1-3-21(20-10-5-4-6-11-20)22-28-29-24(32-22)27-23(31)26-15-18-8-7-9-19(14-18)16-30-13-12-25-17(30)2/h4-14,21H,3,15-16H2,1-2H3,(H2,26,27,29,31).